The van der Waals surface area contributed by atoms with Crippen LogP contribution in [-0.4, -0.2) is 0 Å². The van der Waals surface area contributed by atoms with E-state index in [1.54, 1.807) is 36.4 Å². The molecule has 0 unspecified atom stereocenters. The number of nitrogens with zero attached hydrogens (tertiary/aromatic N) is 3. The van der Waals surface area contributed by atoms with Crippen molar-refractivity contribution in [2.24, 2.45) is 0 Å². The molecule has 0 aliphatic rings. The van der Waals surface area contributed by atoms with Crippen molar-refractivity contribution in [1.82, 2.24) is 0 Å². The van der Waals surface area contributed by atoms with Gasteiger partial charge >= 0.3 is 0 Å². The molecule has 0 aromatic heterocycles. The summed E-state index contributed by atoms with van der Waals surface area (Å²) in [5, 5.41) is 27.0. The van der Waals surface area contributed by atoms with E-state index in [1.807, 2.05) is 36.4 Å². The van der Waals surface area contributed by atoms with E-state index in [-0.39, 0.29) is 0 Å². The first-order valence-corrected chi connectivity index (χ1v) is 7.50. The van der Waals surface area contributed by atoms with Crippen LogP contribution < -0.4 is 4.37 Å². The zero-order chi connectivity index (χ0) is 17.6. The van der Waals surface area contributed by atoms with Gasteiger partial charge in [0.05, 0.1) is 34.9 Å². The predicted octanol–water partition coefficient (Wildman–Crippen LogP) is 5.04. The van der Waals surface area contributed by atoms with E-state index < -0.39 is 0 Å². The van der Waals surface area contributed by atoms with Gasteiger partial charge in [-0.3, -0.25) is 0 Å². The van der Waals surface area contributed by atoms with E-state index in [9.17, 15) is 0 Å². The summed E-state index contributed by atoms with van der Waals surface area (Å²) in [7, 11) is 0. The van der Waals surface area contributed by atoms with Crippen LogP contribution in [0.5, 0.6) is 17.2 Å². The van der Waals surface area contributed by atoms with Crippen LogP contribution in [0.25, 0.3) is 0 Å². The Balaban J connectivity index is 2.10. The Morgan fingerprint density at radius 1 is 0.440 bits per heavy atom. The SMILES string of the molecule is N#Cc1ccc([O+](c2ccc(C#N)cc2)c2ccc(C#N)cc2)cc1. The summed E-state index contributed by atoms with van der Waals surface area (Å²) < 4.78 is 3.02. The molecule has 0 saturated carbocycles. The van der Waals surface area contributed by atoms with Crippen LogP contribution in [-0.2, 0) is 0 Å². The lowest BCUT2D eigenvalue weighted by atomic mass is 10.2. The average molecular weight is 322 g/mol. The van der Waals surface area contributed by atoms with E-state index in [0.717, 1.165) is 17.2 Å². The van der Waals surface area contributed by atoms with E-state index in [4.69, 9.17) is 15.8 Å². The van der Waals surface area contributed by atoms with Crippen LogP contribution in [0.3, 0.4) is 0 Å². The van der Waals surface area contributed by atoms with E-state index in [0.29, 0.717) is 16.7 Å². The zero-order valence-corrected chi connectivity index (χ0v) is 13.2. The molecule has 3 rings (SSSR count). The number of benzene rings is 3. The monoisotopic (exact) mass is 322 g/mol. The standard InChI is InChI=1S/C21H12N3O/c22-13-16-1-7-19(8-2-16)25(20-9-3-17(14-23)4-10-20)21-11-5-18(15-24)6-12-21/h1-12H/q+1. The first-order valence-electron chi connectivity index (χ1n) is 7.50. The van der Waals surface area contributed by atoms with Gasteiger partial charge in [0.1, 0.15) is 0 Å². The van der Waals surface area contributed by atoms with Gasteiger partial charge in [-0.05, 0) is 36.4 Å². The van der Waals surface area contributed by atoms with Crippen molar-refractivity contribution in [2.45, 2.75) is 0 Å². The largest absolute Gasteiger partial charge is 0.499 e. The van der Waals surface area contributed by atoms with Gasteiger partial charge in [-0.2, -0.15) is 15.8 Å². The third kappa shape index (κ3) is 3.32. The van der Waals surface area contributed by atoms with Crippen molar-refractivity contribution in [3.05, 3.63) is 89.5 Å². The Labute approximate surface area is 145 Å². The normalized spacial score (nSPS) is 9.48. The maximum Gasteiger partial charge on any atom is 0.267 e. The van der Waals surface area contributed by atoms with E-state index in [2.05, 4.69) is 22.6 Å². The number of hydrogen-bond acceptors (Lipinski definition) is 3. The highest BCUT2D eigenvalue weighted by atomic mass is 16.7. The minimum Gasteiger partial charge on any atom is -0.499 e. The highest BCUT2D eigenvalue weighted by Gasteiger charge is 2.20. The van der Waals surface area contributed by atoms with Gasteiger partial charge in [-0.1, -0.05) is 0 Å². The molecular weight excluding hydrogens is 310 g/mol. The van der Waals surface area contributed by atoms with Crippen LogP contribution in [0.1, 0.15) is 16.7 Å². The summed E-state index contributed by atoms with van der Waals surface area (Å²) in [5.41, 5.74) is 1.72. The maximum atomic E-state index is 8.98. The maximum absolute atomic E-state index is 8.98. The molecule has 0 N–H and O–H groups in total. The lowest BCUT2D eigenvalue weighted by molar-refractivity contribution is 0.232. The average Bonchev–Trinajstić information content (AvgIpc) is 2.70. The molecule has 0 fully saturated rings. The molecule has 3 aromatic carbocycles. The minimum atomic E-state index is 0.573. The van der Waals surface area contributed by atoms with Gasteiger partial charge in [0.15, 0.2) is 0 Å². The summed E-state index contributed by atoms with van der Waals surface area (Å²) in [6.45, 7) is 0. The molecule has 116 valence electrons. The second-order valence-corrected chi connectivity index (χ2v) is 5.21. The third-order valence-electron chi connectivity index (χ3n) is 3.66. The number of rotatable bonds is 3. The predicted molar refractivity (Wildman–Crippen MR) is 93.0 cm³/mol. The second-order valence-electron chi connectivity index (χ2n) is 5.21. The van der Waals surface area contributed by atoms with Gasteiger partial charge in [0.25, 0.3) is 17.2 Å². The fourth-order valence-electron chi connectivity index (χ4n) is 2.40. The van der Waals surface area contributed by atoms with Crippen LogP contribution >= 0.6 is 0 Å². The van der Waals surface area contributed by atoms with Crippen molar-refractivity contribution in [3.63, 3.8) is 0 Å². The van der Waals surface area contributed by atoms with Crippen molar-refractivity contribution in [2.75, 3.05) is 0 Å². The Hall–Kier alpha value is -4.07. The minimum absolute atomic E-state index is 0.573. The molecule has 0 radical (unpaired) electrons. The molecule has 0 aliphatic heterocycles. The van der Waals surface area contributed by atoms with Crippen molar-refractivity contribution in [3.8, 4) is 35.5 Å². The molecule has 25 heavy (non-hydrogen) atoms. The van der Waals surface area contributed by atoms with Gasteiger partial charge in [0.2, 0.25) is 0 Å². The zero-order valence-electron chi connectivity index (χ0n) is 13.2. The van der Waals surface area contributed by atoms with E-state index >= 15 is 0 Å². The van der Waals surface area contributed by atoms with Gasteiger partial charge < -0.3 is 4.37 Å². The molecule has 0 saturated heterocycles. The van der Waals surface area contributed by atoms with Gasteiger partial charge in [-0.25, -0.2) is 0 Å². The number of nitriles is 3. The van der Waals surface area contributed by atoms with Crippen molar-refractivity contribution in [1.29, 1.82) is 15.8 Å². The summed E-state index contributed by atoms with van der Waals surface area (Å²) in [5.74, 6) is 2.40. The first kappa shape index (κ1) is 15.8. The molecule has 4 heteroatoms. The summed E-state index contributed by atoms with van der Waals surface area (Å²) in [6, 6.07) is 27.7. The third-order valence-corrected chi connectivity index (χ3v) is 3.66. The summed E-state index contributed by atoms with van der Waals surface area (Å²) >= 11 is 0. The molecule has 0 aliphatic carbocycles. The highest BCUT2D eigenvalue weighted by molar-refractivity contribution is 5.47. The lowest BCUT2D eigenvalue weighted by Gasteiger charge is -2.22. The van der Waals surface area contributed by atoms with Crippen LogP contribution in [0.4, 0.5) is 0 Å². The molecule has 3 aromatic rings. The summed E-state index contributed by atoms with van der Waals surface area (Å²) in [4.78, 5) is 0. The van der Waals surface area contributed by atoms with Crippen LogP contribution in [0.15, 0.2) is 72.8 Å². The van der Waals surface area contributed by atoms with Crippen molar-refractivity contribution < 1.29 is 4.37 Å². The Morgan fingerprint density at radius 2 is 0.680 bits per heavy atom. The Kier molecular flexibility index (Phi) is 4.43. The quantitative estimate of drug-likeness (QED) is 0.634. The van der Waals surface area contributed by atoms with E-state index in [1.165, 1.54) is 0 Å². The second kappa shape index (κ2) is 7.01. The molecular formula is C21H12N3O+. The molecule has 0 atom stereocenters. The Morgan fingerprint density at radius 3 is 0.880 bits per heavy atom. The fraction of sp³-hybridized carbons (Fsp3) is 0. The van der Waals surface area contributed by atoms with Gasteiger partial charge in [-0.15, -0.1) is 0 Å². The molecule has 4 nitrogen and oxygen atoms in total. The van der Waals surface area contributed by atoms with Crippen LogP contribution in [0.2, 0.25) is 0 Å². The Bertz CT molecular complexity index is 863. The highest BCUT2D eigenvalue weighted by Crippen LogP contribution is 2.39. The molecule has 0 bridgehead atoms. The molecule has 0 spiro atoms. The fourth-order valence-corrected chi connectivity index (χ4v) is 2.40. The molecule has 0 heterocycles. The van der Waals surface area contributed by atoms with Crippen molar-refractivity contribution >= 4 is 0 Å². The molecule has 0 amide bonds. The first-order chi connectivity index (χ1) is 12.2. The van der Waals surface area contributed by atoms with Crippen LogP contribution in [0, 0.1) is 34.0 Å². The lowest BCUT2D eigenvalue weighted by Crippen LogP contribution is -2.05. The smallest absolute Gasteiger partial charge is 0.267 e. The number of hydrogen-bond donors (Lipinski definition) is 0. The van der Waals surface area contributed by atoms with Gasteiger partial charge in [0, 0.05) is 36.4 Å². The summed E-state index contributed by atoms with van der Waals surface area (Å²) in [6.07, 6.45) is 0. The topological polar surface area (TPSA) is 74.1 Å².